The summed E-state index contributed by atoms with van der Waals surface area (Å²) in [5, 5.41) is 0.753. The number of ether oxygens (including phenoxy) is 1. The molecule has 0 saturated heterocycles. The molecule has 0 saturated carbocycles. The second kappa shape index (κ2) is 8.18. The van der Waals surface area contributed by atoms with Crippen LogP contribution < -0.4 is 5.73 Å². The Bertz CT molecular complexity index is 392. The smallest absolute Gasteiger partial charge is 0.322 e. The fraction of sp³-hybridized carbons (Fsp3) is 0.533. The highest BCUT2D eigenvalue weighted by Crippen LogP contribution is 2.19. The van der Waals surface area contributed by atoms with Gasteiger partial charge in [-0.3, -0.25) is 4.79 Å². The molecule has 2 unspecified atom stereocenters. The number of nitrogens with two attached hydrogens (primary N) is 1. The van der Waals surface area contributed by atoms with Crippen LogP contribution in [0.5, 0.6) is 0 Å². The molecule has 2 N–H and O–H groups in total. The van der Waals surface area contributed by atoms with Crippen molar-refractivity contribution in [3.05, 3.63) is 34.9 Å². The molecule has 4 heteroatoms. The van der Waals surface area contributed by atoms with E-state index in [9.17, 15) is 4.79 Å². The molecular weight excluding hydrogens is 262 g/mol. The number of hydrogen-bond donors (Lipinski definition) is 1. The lowest BCUT2D eigenvalue weighted by atomic mass is 9.91. The summed E-state index contributed by atoms with van der Waals surface area (Å²) in [5.41, 5.74) is 7.06. The predicted octanol–water partition coefficient (Wildman–Crippen LogP) is 3.19. The van der Waals surface area contributed by atoms with Gasteiger partial charge < -0.3 is 10.5 Å². The Labute approximate surface area is 120 Å². The minimum atomic E-state index is -0.514. The van der Waals surface area contributed by atoms with E-state index in [0.29, 0.717) is 12.3 Å². The summed E-state index contributed by atoms with van der Waals surface area (Å²) in [4.78, 5) is 11.3. The molecule has 0 bridgehead atoms. The molecule has 3 nitrogen and oxygen atoms in total. The van der Waals surface area contributed by atoms with Crippen molar-refractivity contribution >= 4 is 17.6 Å². The number of aryl methyl sites for hydroxylation is 1. The lowest BCUT2D eigenvalue weighted by molar-refractivity contribution is -0.142. The third-order valence-corrected chi connectivity index (χ3v) is 3.68. The van der Waals surface area contributed by atoms with E-state index in [1.165, 1.54) is 12.7 Å². The van der Waals surface area contributed by atoms with E-state index in [2.05, 4.69) is 11.7 Å². The van der Waals surface area contributed by atoms with Gasteiger partial charge in [-0.15, -0.1) is 0 Å². The predicted molar refractivity (Wildman–Crippen MR) is 78.2 cm³/mol. The van der Waals surface area contributed by atoms with Gasteiger partial charge >= 0.3 is 5.97 Å². The number of methoxy groups -OCH3 is 1. The average molecular weight is 284 g/mol. The van der Waals surface area contributed by atoms with Crippen LogP contribution in [0.2, 0.25) is 5.02 Å². The molecule has 2 atom stereocenters. The lowest BCUT2D eigenvalue weighted by Crippen LogP contribution is -2.33. The lowest BCUT2D eigenvalue weighted by Gasteiger charge is -2.18. The molecule has 1 rings (SSSR count). The Morgan fingerprint density at radius 3 is 2.53 bits per heavy atom. The molecule has 0 fully saturated rings. The first kappa shape index (κ1) is 16.0. The largest absolute Gasteiger partial charge is 0.468 e. The molecule has 19 heavy (non-hydrogen) atoms. The molecule has 106 valence electrons. The Morgan fingerprint density at radius 2 is 2.00 bits per heavy atom. The summed E-state index contributed by atoms with van der Waals surface area (Å²) in [6, 6.07) is 7.36. The van der Waals surface area contributed by atoms with Gasteiger partial charge in [0.2, 0.25) is 0 Å². The number of benzene rings is 1. The van der Waals surface area contributed by atoms with Gasteiger partial charge in [-0.05, 0) is 42.9 Å². The standard InChI is InChI=1S/C15H22ClNO2/c1-3-11(10-14(17)15(18)19-2)4-5-12-6-8-13(16)9-7-12/h6-9,11,14H,3-5,10,17H2,1-2H3. The highest BCUT2D eigenvalue weighted by atomic mass is 35.5. The van der Waals surface area contributed by atoms with Crippen molar-refractivity contribution in [2.45, 2.75) is 38.6 Å². The van der Waals surface area contributed by atoms with Crippen molar-refractivity contribution in [1.82, 2.24) is 0 Å². The van der Waals surface area contributed by atoms with Gasteiger partial charge in [0.05, 0.1) is 7.11 Å². The molecule has 0 aliphatic rings. The normalized spacial score (nSPS) is 13.9. The number of halogens is 1. The molecule has 0 aromatic heterocycles. The van der Waals surface area contributed by atoms with Crippen LogP contribution >= 0.6 is 11.6 Å². The molecule has 0 heterocycles. The minimum Gasteiger partial charge on any atom is -0.468 e. The van der Waals surface area contributed by atoms with Gasteiger partial charge in [-0.1, -0.05) is 37.1 Å². The maximum absolute atomic E-state index is 11.3. The van der Waals surface area contributed by atoms with Gasteiger partial charge in [0, 0.05) is 5.02 Å². The van der Waals surface area contributed by atoms with Crippen molar-refractivity contribution in [1.29, 1.82) is 0 Å². The zero-order chi connectivity index (χ0) is 14.3. The average Bonchev–Trinajstić information content (AvgIpc) is 2.43. The number of esters is 1. The quantitative estimate of drug-likeness (QED) is 0.782. The highest BCUT2D eigenvalue weighted by Gasteiger charge is 2.18. The Hall–Kier alpha value is -1.06. The second-order valence-electron chi connectivity index (χ2n) is 4.80. The first-order valence-electron chi connectivity index (χ1n) is 6.64. The van der Waals surface area contributed by atoms with Crippen LogP contribution in [0.1, 0.15) is 31.7 Å². The minimum absolute atomic E-state index is 0.329. The van der Waals surface area contributed by atoms with Crippen LogP contribution in [0.15, 0.2) is 24.3 Å². The van der Waals surface area contributed by atoms with E-state index in [1.807, 2.05) is 24.3 Å². The van der Waals surface area contributed by atoms with Gasteiger partial charge in [-0.2, -0.15) is 0 Å². The summed E-state index contributed by atoms with van der Waals surface area (Å²) < 4.78 is 4.65. The second-order valence-corrected chi connectivity index (χ2v) is 5.24. The highest BCUT2D eigenvalue weighted by molar-refractivity contribution is 6.30. The maximum Gasteiger partial charge on any atom is 0.322 e. The zero-order valence-corrected chi connectivity index (χ0v) is 12.3. The fourth-order valence-electron chi connectivity index (χ4n) is 2.12. The zero-order valence-electron chi connectivity index (χ0n) is 11.6. The summed E-state index contributed by atoms with van der Waals surface area (Å²) in [5.74, 6) is 0.106. The molecule has 0 spiro atoms. The summed E-state index contributed by atoms with van der Waals surface area (Å²) in [6.45, 7) is 2.12. The van der Waals surface area contributed by atoms with E-state index in [1.54, 1.807) is 0 Å². The number of carbonyl (C=O) groups excluding carboxylic acids is 1. The summed E-state index contributed by atoms with van der Waals surface area (Å²) in [6.07, 6.45) is 3.68. The van der Waals surface area contributed by atoms with E-state index in [4.69, 9.17) is 17.3 Å². The van der Waals surface area contributed by atoms with Gasteiger partial charge in [-0.25, -0.2) is 0 Å². The molecule has 0 aliphatic heterocycles. The van der Waals surface area contributed by atoms with Crippen molar-refractivity contribution < 1.29 is 9.53 Å². The first-order chi connectivity index (χ1) is 9.06. The summed E-state index contributed by atoms with van der Waals surface area (Å²) in [7, 11) is 1.37. The Morgan fingerprint density at radius 1 is 1.37 bits per heavy atom. The molecule has 0 amide bonds. The Balaban J connectivity index is 2.44. The maximum atomic E-state index is 11.3. The van der Waals surface area contributed by atoms with E-state index < -0.39 is 6.04 Å². The molecule has 0 radical (unpaired) electrons. The third-order valence-electron chi connectivity index (χ3n) is 3.42. The van der Waals surface area contributed by atoms with Crippen LogP contribution in [-0.4, -0.2) is 19.1 Å². The van der Waals surface area contributed by atoms with Crippen molar-refractivity contribution in [2.24, 2.45) is 11.7 Å². The van der Waals surface area contributed by atoms with Crippen LogP contribution in [0, 0.1) is 5.92 Å². The molecular formula is C15H22ClNO2. The number of hydrogen-bond acceptors (Lipinski definition) is 3. The van der Waals surface area contributed by atoms with E-state index >= 15 is 0 Å². The van der Waals surface area contributed by atoms with Crippen molar-refractivity contribution in [3.8, 4) is 0 Å². The van der Waals surface area contributed by atoms with Crippen LogP contribution in [0.4, 0.5) is 0 Å². The van der Waals surface area contributed by atoms with Crippen LogP contribution in [0.3, 0.4) is 0 Å². The third kappa shape index (κ3) is 5.62. The molecule has 1 aromatic carbocycles. The van der Waals surface area contributed by atoms with E-state index in [-0.39, 0.29) is 5.97 Å². The van der Waals surface area contributed by atoms with Crippen molar-refractivity contribution in [3.63, 3.8) is 0 Å². The first-order valence-corrected chi connectivity index (χ1v) is 7.02. The molecule has 0 aliphatic carbocycles. The van der Waals surface area contributed by atoms with Crippen LogP contribution in [0.25, 0.3) is 0 Å². The number of rotatable bonds is 7. The topological polar surface area (TPSA) is 52.3 Å². The summed E-state index contributed by atoms with van der Waals surface area (Å²) >= 11 is 5.85. The fourth-order valence-corrected chi connectivity index (χ4v) is 2.24. The van der Waals surface area contributed by atoms with Gasteiger partial charge in [0.25, 0.3) is 0 Å². The van der Waals surface area contributed by atoms with Gasteiger partial charge in [0.15, 0.2) is 0 Å². The SMILES string of the molecule is CCC(CCc1ccc(Cl)cc1)CC(N)C(=O)OC. The monoisotopic (exact) mass is 283 g/mol. The Kier molecular flexibility index (Phi) is 6.89. The molecule has 1 aromatic rings. The number of carbonyl (C=O) groups is 1. The van der Waals surface area contributed by atoms with Crippen LogP contribution in [-0.2, 0) is 16.0 Å². The van der Waals surface area contributed by atoms with Gasteiger partial charge in [0.1, 0.15) is 6.04 Å². The van der Waals surface area contributed by atoms with E-state index in [0.717, 1.165) is 24.3 Å². The van der Waals surface area contributed by atoms with Crippen molar-refractivity contribution in [2.75, 3.05) is 7.11 Å².